The van der Waals surface area contributed by atoms with E-state index in [-0.39, 0.29) is 6.04 Å². The molecule has 4 heteroatoms. The highest BCUT2D eigenvalue weighted by atomic mass is 35.5. The lowest BCUT2D eigenvalue weighted by molar-refractivity contribution is 0.877. The fraction of sp³-hybridized carbons (Fsp3) is 0.182. The number of benzene rings is 1. The van der Waals surface area contributed by atoms with E-state index in [1.165, 1.54) is 0 Å². The number of nitrogens with zero attached hydrogens (tertiary/aromatic N) is 1. The van der Waals surface area contributed by atoms with Gasteiger partial charge < -0.3 is 5.73 Å². The average Bonchev–Trinajstić information content (AvgIpc) is 2.65. The second-order valence-corrected chi connectivity index (χ2v) is 4.65. The van der Waals surface area contributed by atoms with Crippen LogP contribution in [0.1, 0.15) is 22.2 Å². The van der Waals surface area contributed by atoms with Crippen LogP contribution in [0.15, 0.2) is 29.8 Å². The molecule has 0 spiro atoms. The summed E-state index contributed by atoms with van der Waals surface area (Å²) in [5.41, 5.74) is 10.0. The zero-order valence-corrected chi connectivity index (χ0v) is 9.85. The number of aryl methyl sites for hydroxylation is 1. The first-order valence-electron chi connectivity index (χ1n) is 4.59. The molecule has 2 aromatic rings. The van der Waals surface area contributed by atoms with Crippen LogP contribution in [0.4, 0.5) is 0 Å². The highest BCUT2D eigenvalue weighted by molar-refractivity contribution is 7.09. The highest BCUT2D eigenvalue weighted by Gasteiger charge is 2.13. The smallest absolute Gasteiger partial charge is 0.0798 e. The van der Waals surface area contributed by atoms with Crippen molar-refractivity contribution >= 4 is 22.9 Å². The maximum absolute atomic E-state index is 6.14. The van der Waals surface area contributed by atoms with Gasteiger partial charge in [0.05, 0.1) is 17.2 Å². The van der Waals surface area contributed by atoms with Crippen molar-refractivity contribution in [3.8, 4) is 0 Å². The van der Waals surface area contributed by atoms with Gasteiger partial charge in [-0.05, 0) is 24.6 Å². The molecule has 2 rings (SSSR count). The van der Waals surface area contributed by atoms with Crippen LogP contribution in [0.5, 0.6) is 0 Å². The van der Waals surface area contributed by atoms with E-state index in [0.717, 1.165) is 21.2 Å². The average molecular weight is 239 g/mol. The van der Waals surface area contributed by atoms with E-state index < -0.39 is 0 Å². The maximum Gasteiger partial charge on any atom is 0.0798 e. The number of hydrogen-bond acceptors (Lipinski definition) is 3. The lowest BCUT2D eigenvalue weighted by atomic mass is 10.1. The third-order valence-electron chi connectivity index (χ3n) is 2.29. The van der Waals surface area contributed by atoms with Crippen molar-refractivity contribution in [1.29, 1.82) is 0 Å². The van der Waals surface area contributed by atoms with E-state index in [2.05, 4.69) is 4.98 Å². The van der Waals surface area contributed by atoms with Gasteiger partial charge in [0.25, 0.3) is 0 Å². The molecule has 1 aromatic carbocycles. The minimum Gasteiger partial charge on any atom is -0.320 e. The molecule has 0 saturated carbocycles. The summed E-state index contributed by atoms with van der Waals surface area (Å²) < 4.78 is 0. The van der Waals surface area contributed by atoms with Crippen LogP contribution in [0.25, 0.3) is 0 Å². The van der Waals surface area contributed by atoms with Crippen LogP contribution in [-0.2, 0) is 0 Å². The fourth-order valence-electron chi connectivity index (χ4n) is 1.43. The molecule has 15 heavy (non-hydrogen) atoms. The Bertz CT molecular complexity index is 450. The zero-order chi connectivity index (χ0) is 10.8. The lowest BCUT2D eigenvalue weighted by Crippen LogP contribution is -2.11. The van der Waals surface area contributed by atoms with Gasteiger partial charge in [-0.1, -0.05) is 23.7 Å². The third kappa shape index (κ3) is 2.20. The van der Waals surface area contributed by atoms with E-state index in [1.807, 2.05) is 36.7 Å². The van der Waals surface area contributed by atoms with Crippen molar-refractivity contribution < 1.29 is 0 Å². The quantitative estimate of drug-likeness (QED) is 0.873. The SMILES string of the molecule is Cc1ncsc1C(N)c1ccc(Cl)cc1. The molecule has 0 radical (unpaired) electrons. The Labute approximate surface area is 97.7 Å². The molecule has 2 N–H and O–H groups in total. The summed E-state index contributed by atoms with van der Waals surface area (Å²) in [6.07, 6.45) is 0. The Morgan fingerprint density at radius 2 is 2.00 bits per heavy atom. The minimum atomic E-state index is -0.102. The standard InChI is InChI=1S/C11H11ClN2S/c1-7-11(15-6-14-7)10(13)8-2-4-9(12)5-3-8/h2-6,10H,13H2,1H3. The molecular formula is C11H11ClN2S. The third-order valence-corrected chi connectivity index (χ3v) is 3.56. The Morgan fingerprint density at radius 3 is 2.53 bits per heavy atom. The molecule has 2 nitrogen and oxygen atoms in total. The van der Waals surface area contributed by atoms with Gasteiger partial charge in [0.2, 0.25) is 0 Å². The Morgan fingerprint density at radius 1 is 1.33 bits per heavy atom. The van der Waals surface area contributed by atoms with Gasteiger partial charge in [0, 0.05) is 9.90 Å². The largest absolute Gasteiger partial charge is 0.320 e. The van der Waals surface area contributed by atoms with Crippen LogP contribution in [-0.4, -0.2) is 4.98 Å². The van der Waals surface area contributed by atoms with Gasteiger partial charge >= 0.3 is 0 Å². The molecule has 1 unspecified atom stereocenters. The molecular weight excluding hydrogens is 228 g/mol. The van der Waals surface area contributed by atoms with E-state index >= 15 is 0 Å². The van der Waals surface area contributed by atoms with E-state index in [4.69, 9.17) is 17.3 Å². The first kappa shape index (κ1) is 10.6. The highest BCUT2D eigenvalue weighted by Crippen LogP contribution is 2.26. The lowest BCUT2D eigenvalue weighted by Gasteiger charge is -2.10. The van der Waals surface area contributed by atoms with Crippen molar-refractivity contribution in [3.05, 3.63) is 50.9 Å². The summed E-state index contributed by atoms with van der Waals surface area (Å²) in [5.74, 6) is 0. The van der Waals surface area contributed by atoms with Crippen molar-refractivity contribution in [1.82, 2.24) is 4.98 Å². The van der Waals surface area contributed by atoms with Crippen LogP contribution in [0, 0.1) is 6.92 Å². The molecule has 0 fully saturated rings. The van der Waals surface area contributed by atoms with E-state index in [1.54, 1.807) is 11.3 Å². The van der Waals surface area contributed by atoms with Crippen molar-refractivity contribution in [2.75, 3.05) is 0 Å². The summed E-state index contributed by atoms with van der Waals surface area (Å²) >= 11 is 7.41. The van der Waals surface area contributed by atoms with Crippen molar-refractivity contribution in [2.24, 2.45) is 5.73 Å². The Kier molecular flexibility index (Phi) is 3.05. The summed E-state index contributed by atoms with van der Waals surface area (Å²) in [6, 6.07) is 7.51. The fourth-order valence-corrected chi connectivity index (χ4v) is 2.39. The van der Waals surface area contributed by atoms with Crippen LogP contribution in [0.3, 0.4) is 0 Å². The Balaban J connectivity index is 2.32. The summed E-state index contributed by atoms with van der Waals surface area (Å²) in [7, 11) is 0. The van der Waals surface area contributed by atoms with Crippen LogP contribution >= 0.6 is 22.9 Å². The normalized spacial score (nSPS) is 12.7. The molecule has 1 heterocycles. The van der Waals surface area contributed by atoms with Gasteiger partial charge in [0.1, 0.15) is 0 Å². The molecule has 0 bridgehead atoms. The predicted octanol–water partition coefficient (Wildman–Crippen LogP) is 3.15. The number of aromatic nitrogens is 1. The molecule has 1 atom stereocenters. The Hall–Kier alpha value is -0.900. The van der Waals surface area contributed by atoms with Gasteiger partial charge in [-0.15, -0.1) is 11.3 Å². The minimum absolute atomic E-state index is 0.102. The van der Waals surface area contributed by atoms with E-state index in [9.17, 15) is 0 Å². The molecule has 0 amide bonds. The number of hydrogen-bond donors (Lipinski definition) is 1. The monoisotopic (exact) mass is 238 g/mol. The van der Waals surface area contributed by atoms with Crippen LogP contribution in [0.2, 0.25) is 5.02 Å². The molecule has 0 aliphatic carbocycles. The number of thiazole rings is 1. The number of nitrogens with two attached hydrogens (primary N) is 1. The van der Waals surface area contributed by atoms with Crippen molar-refractivity contribution in [3.63, 3.8) is 0 Å². The topological polar surface area (TPSA) is 38.9 Å². The van der Waals surface area contributed by atoms with Gasteiger partial charge in [-0.2, -0.15) is 0 Å². The summed E-state index contributed by atoms with van der Waals surface area (Å²) in [5, 5.41) is 0.729. The predicted molar refractivity (Wildman–Crippen MR) is 64.3 cm³/mol. The summed E-state index contributed by atoms with van der Waals surface area (Å²) in [6.45, 7) is 1.97. The first-order valence-corrected chi connectivity index (χ1v) is 5.85. The van der Waals surface area contributed by atoms with E-state index in [0.29, 0.717) is 0 Å². The molecule has 78 valence electrons. The molecule has 0 aliphatic heterocycles. The first-order chi connectivity index (χ1) is 7.18. The zero-order valence-electron chi connectivity index (χ0n) is 8.27. The molecule has 0 saturated heterocycles. The summed E-state index contributed by atoms with van der Waals surface area (Å²) in [4.78, 5) is 5.30. The second-order valence-electron chi connectivity index (χ2n) is 3.33. The number of rotatable bonds is 2. The van der Waals surface area contributed by atoms with Gasteiger partial charge in [-0.25, -0.2) is 4.98 Å². The van der Waals surface area contributed by atoms with Crippen molar-refractivity contribution in [2.45, 2.75) is 13.0 Å². The van der Waals surface area contributed by atoms with Gasteiger partial charge in [-0.3, -0.25) is 0 Å². The van der Waals surface area contributed by atoms with Crippen LogP contribution < -0.4 is 5.73 Å². The molecule has 0 aliphatic rings. The van der Waals surface area contributed by atoms with Gasteiger partial charge in [0.15, 0.2) is 0 Å². The molecule has 1 aromatic heterocycles. The maximum atomic E-state index is 6.14. The number of halogens is 1. The second kappa shape index (κ2) is 4.31.